The molecule has 0 aliphatic carbocycles. The molecule has 0 amide bonds. The fourth-order valence-corrected chi connectivity index (χ4v) is 2.04. The van der Waals surface area contributed by atoms with Gasteiger partial charge in [0.25, 0.3) is 0 Å². The third kappa shape index (κ3) is 1.73. The Balaban J connectivity index is 2.04. The number of hydrogen-bond donors (Lipinski definition) is 1. The number of anilines is 1. The number of benzene rings is 1. The molecule has 5 nitrogen and oxygen atoms in total. The summed E-state index contributed by atoms with van der Waals surface area (Å²) >= 11 is 0. The Hall–Kier alpha value is -2.30. The molecule has 18 heavy (non-hydrogen) atoms. The number of nitrogens with one attached hydrogen (secondary N) is 1. The lowest BCUT2D eigenvalue weighted by molar-refractivity contribution is 0.103. The largest absolute Gasteiger partial charge is 0.489 e. The standard InChI is InChI=1S/C13H13N3O2/c1-16-8-9(7-15-16)12(17)10-3-2-4-11-13(10)18-6-5-14-11/h2-4,7-8,14H,5-6H2,1H3. The Labute approximate surface area is 104 Å². The van der Waals surface area contributed by atoms with Gasteiger partial charge in [-0.3, -0.25) is 9.48 Å². The van der Waals surface area contributed by atoms with E-state index in [1.165, 1.54) is 0 Å². The van der Waals surface area contributed by atoms with E-state index < -0.39 is 0 Å². The van der Waals surface area contributed by atoms with Gasteiger partial charge in [0.2, 0.25) is 0 Å². The van der Waals surface area contributed by atoms with Crippen molar-refractivity contribution >= 4 is 11.5 Å². The van der Waals surface area contributed by atoms with Crippen LogP contribution in [-0.4, -0.2) is 28.7 Å². The van der Waals surface area contributed by atoms with Crippen molar-refractivity contribution in [3.8, 4) is 5.75 Å². The smallest absolute Gasteiger partial charge is 0.199 e. The van der Waals surface area contributed by atoms with Gasteiger partial charge in [0.1, 0.15) is 6.61 Å². The minimum Gasteiger partial charge on any atom is -0.489 e. The van der Waals surface area contributed by atoms with Crippen LogP contribution in [0.1, 0.15) is 15.9 Å². The number of fused-ring (bicyclic) bond motifs is 1. The number of ether oxygens (including phenoxy) is 1. The Morgan fingerprint density at radius 2 is 2.39 bits per heavy atom. The van der Waals surface area contributed by atoms with E-state index in [4.69, 9.17) is 4.74 Å². The lowest BCUT2D eigenvalue weighted by atomic mass is 10.0. The van der Waals surface area contributed by atoms with E-state index in [0.29, 0.717) is 23.5 Å². The zero-order valence-electron chi connectivity index (χ0n) is 10.0. The maximum absolute atomic E-state index is 12.4. The van der Waals surface area contributed by atoms with Gasteiger partial charge in [-0.2, -0.15) is 5.10 Å². The van der Waals surface area contributed by atoms with Crippen molar-refractivity contribution in [2.24, 2.45) is 7.05 Å². The molecule has 0 radical (unpaired) electrons. The van der Waals surface area contributed by atoms with Gasteiger partial charge >= 0.3 is 0 Å². The molecule has 0 fully saturated rings. The van der Waals surface area contributed by atoms with Gasteiger partial charge in [-0.25, -0.2) is 0 Å². The van der Waals surface area contributed by atoms with Crippen LogP contribution in [0, 0.1) is 0 Å². The van der Waals surface area contributed by atoms with Crippen LogP contribution in [0.5, 0.6) is 5.75 Å². The first-order valence-corrected chi connectivity index (χ1v) is 5.79. The molecule has 92 valence electrons. The van der Waals surface area contributed by atoms with E-state index in [1.807, 2.05) is 12.1 Å². The highest BCUT2D eigenvalue weighted by molar-refractivity contribution is 6.11. The molecule has 3 rings (SSSR count). The van der Waals surface area contributed by atoms with Crippen molar-refractivity contribution in [2.45, 2.75) is 0 Å². The second kappa shape index (κ2) is 4.18. The van der Waals surface area contributed by atoms with Crippen LogP contribution < -0.4 is 10.1 Å². The third-order valence-corrected chi connectivity index (χ3v) is 2.89. The number of ketones is 1. The zero-order chi connectivity index (χ0) is 12.5. The Morgan fingerprint density at radius 1 is 1.50 bits per heavy atom. The molecule has 2 heterocycles. The summed E-state index contributed by atoms with van der Waals surface area (Å²) in [5.74, 6) is 0.571. The van der Waals surface area contributed by atoms with Gasteiger partial charge in [0.05, 0.1) is 23.0 Å². The second-order valence-corrected chi connectivity index (χ2v) is 4.19. The number of nitrogens with zero attached hydrogens (tertiary/aromatic N) is 2. The Kier molecular flexibility index (Phi) is 2.51. The highest BCUT2D eigenvalue weighted by Gasteiger charge is 2.20. The van der Waals surface area contributed by atoms with E-state index in [0.717, 1.165) is 12.2 Å². The average molecular weight is 243 g/mol. The quantitative estimate of drug-likeness (QED) is 0.811. The molecule has 1 aliphatic heterocycles. The van der Waals surface area contributed by atoms with Gasteiger partial charge in [-0.1, -0.05) is 6.07 Å². The minimum atomic E-state index is -0.0661. The second-order valence-electron chi connectivity index (χ2n) is 4.19. The normalized spacial score (nSPS) is 13.4. The number of hydrogen-bond acceptors (Lipinski definition) is 4. The van der Waals surface area contributed by atoms with Crippen LogP contribution in [0.2, 0.25) is 0 Å². The molecule has 1 aromatic heterocycles. The minimum absolute atomic E-state index is 0.0661. The summed E-state index contributed by atoms with van der Waals surface area (Å²) in [5.41, 5.74) is 2.02. The summed E-state index contributed by atoms with van der Waals surface area (Å²) in [6.07, 6.45) is 3.27. The monoisotopic (exact) mass is 243 g/mol. The molecule has 1 aromatic carbocycles. The van der Waals surface area contributed by atoms with Gasteiger partial charge in [0.15, 0.2) is 11.5 Å². The maximum atomic E-state index is 12.4. The molecule has 0 bridgehead atoms. The van der Waals surface area contributed by atoms with E-state index in [-0.39, 0.29) is 5.78 Å². The number of aryl methyl sites for hydroxylation is 1. The van der Waals surface area contributed by atoms with Crippen LogP contribution >= 0.6 is 0 Å². The third-order valence-electron chi connectivity index (χ3n) is 2.89. The highest BCUT2D eigenvalue weighted by Crippen LogP contribution is 2.32. The number of rotatable bonds is 2. The maximum Gasteiger partial charge on any atom is 0.199 e. The first-order chi connectivity index (χ1) is 8.75. The molecule has 0 saturated heterocycles. The SMILES string of the molecule is Cn1cc(C(=O)c2cccc3c2OCCN3)cn1. The predicted octanol–water partition coefficient (Wildman–Crippen LogP) is 1.46. The number of carbonyl (C=O) groups is 1. The summed E-state index contributed by atoms with van der Waals surface area (Å²) < 4.78 is 7.21. The van der Waals surface area contributed by atoms with Gasteiger partial charge in [0, 0.05) is 19.8 Å². The Morgan fingerprint density at radius 3 is 3.17 bits per heavy atom. The summed E-state index contributed by atoms with van der Waals surface area (Å²) in [7, 11) is 1.79. The fraction of sp³-hybridized carbons (Fsp3) is 0.231. The van der Waals surface area contributed by atoms with Crippen LogP contribution in [0.3, 0.4) is 0 Å². The molecular formula is C13H13N3O2. The molecule has 1 aliphatic rings. The van der Waals surface area contributed by atoms with Gasteiger partial charge < -0.3 is 10.1 Å². The lowest BCUT2D eigenvalue weighted by Crippen LogP contribution is -2.20. The Bertz CT molecular complexity index is 604. The van der Waals surface area contributed by atoms with Crippen LogP contribution in [0.15, 0.2) is 30.6 Å². The van der Waals surface area contributed by atoms with Gasteiger partial charge in [-0.05, 0) is 12.1 Å². The van der Waals surface area contributed by atoms with Crippen LogP contribution in [0.25, 0.3) is 0 Å². The van der Waals surface area contributed by atoms with Crippen molar-refractivity contribution in [3.05, 3.63) is 41.7 Å². The van der Waals surface area contributed by atoms with Crippen molar-refractivity contribution in [3.63, 3.8) is 0 Å². The van der Waals surface area contributed by atoms with Crippen molar-refractivity contribution < 1.29 is 9.53 Å². The molecule has 1 N–H and O–H groups in total. The highest BCUT2D eigenvalue weighted by atomic mass is 16.5. The molecule has 5 heteroatoms. The van der Waals surface area contributed by atoms with Gasteiger partial charge in [-0.15, -0.1) is 0 Å². The zero-order valence-corrected chi connectivity index (χ0v) is 10.0. The molecule has 0 spiro atoms. The molecule has 2 aromatic rings. The van der Waals surface area contributed by atoms with Crippen molar-refractivity contribution in [1.82, 2.24) is 9.78 Å². The van der Waals surface area contributed by atoms with E-state index in [9.17, 15) is 4.79 Å². The molecule has 0 atom stereocenters. The van der Waals surface area contributed by atoms with E-state index in [2.05, 4.69) is 10.4 Å². The fourth-order valence-electron chi connectivity index (χ4n) is 2.04. The summed E-state index contributed by atoms with van der Waals surface area (Å²) in [5, 5.41) is 7.23. The summed E-state index contributed by atoms with van der Waals surface area (Å²) in [4.78, 5) is 12.4. The van der Waals surface area contributed by atoms with Crippen molar-refractivity contribution in [2.75, 3.05) is 18.5 Å². The predicted molar refractivity (Wildman–Crippen MR) is 67.1 cm³/mol. The number of carbonyl (C=O) groups excluding carboxylic acids is 1. The molecule has 0 unspecified atom stereocenters. The lowest BCUT2D eigenvalue weighted by Gasteiger charge is -2.21. The molecule has 0 saturated carbocycles. The summed E-state index contributed by atoms with van der Waals surface area (Å²) in [6, 6.07) is 5.54. The first-order valence-electron chi connectivity index (χ1n) is 5.79. The topological polar surface area (TPSA) is 56.1 Å². The van der Waals surface area contributed by atoms with Crippen LogP contribution in [0.4, 0.5) is 5.69 Å². The summed E-state index contributed by atoms with van der Waals surface area (Å²) in [6.45, 7) is 1.34. The molecular weight excluding hydrogens is 230 g/mol. The van der Waals surface area contributed by atoms with Crippen LogP contribution in [-0.2, 0) is 7.05 Å². The van der Waals surface area contributed by atoms with E-state index >= 15 is 0 Å². The van der Waals surface area contributed by atoms with Crippen molar-refractivity contribution in [1.29, 1.82) is 0 Å². The number of aromatic nitrogens is 2. The van der Waals surface area contributed by atoms with E-state index in [1.54, 1.807) is 30.2 Å². The average Bonchev–Trinajstić information content (AvgIpc) is 2.84. The first kappa shape index (κ1) is 10.8. The number of para-hydroxylation sites is 1.